The Balaban J connectivity index is 1.12. The predicted octanol–water partition coefficient (Wildman–Crippen LogP) is 8.22. The van der Waals surface area contributed by atoms with E-state index in [1.54, 1.807) is 0 Å². The molecule has 0 saturated heterocycles. The normalized spacial score (nSPS) is 15.0. The molecule has 0 spiro atoms. The van der Waals surface area contributed by atoms with Crippen molar-refractivity contribution in [3.8, 4) is 0 Å². The van der Waals surface area contributed by atoms with Crippen LogP contribution in [-0.2, 0) is 0 Å². The molecule has 6 heteroatoms. The molecule has 0 aromatic heterocycles. The average molecular weight is 599 g/mol. The van der Waals surface area contributed by atoms with E-state index < -0.39 is 0 Å². The van der Waals surface area contributed by atoms with Crippen LogP contribution in [0.15, 0.2) is 109 Å². The lowest BCUT2D eigenvalue weighted by atomic mass is 10.1. The van der Waals surface area contributed by atoms with Crippen molar-refractivity contribution in [2.45, 2.75) is 13.8 Å². The Bertz CT molecular complexity index is 1190. The third-order valence-corrected chi connectivity index (χ3v) is 9.98. The fourth-order valence-corrected chi connectivity index (χ4v) is 6.93. The Labute approximate surface area is 262 Å². The first kappa shape index (κ1) is 31.7. The standard InChI is InChI=1S/C36H46N4S2/c1-5-39-25-9-7-11-35(39)23-17-31-13-19-33(20-14-31)37(3)27-29-41-42-30-28-38(4)34-21-15-32(16-22-34)18-24-36-12-8-10-26-40(36)6-2/h7-24H,5-6,25-30H2,1-4H3/b23-17+,24-18+. The van der Waals surface area contributed by atoms with E-state index in [0.717, 1.165) is 50.8 Å². The number of anilines is 2. The fraction of sp³-hybridized carbons (Fsp3) is 0.333. The summed E-state index contributed by atoms with van der Waals surface area (Å²) in [6.07, 6.45) is 21.9. The molecule has 42 heavy (non-hydrogen) atoms. The summed E-state index contributed by atoms with van der Waals surface area (Å²) in [7, 11) is 8.30. The smallest absolute Gasteiger partial charge is 0.0369 e. The maximum absolute atomic E-state index is 2.37. The van der Waals surface area contributed by atoms with Crippen LogP contribution in [0.4, 0.5) is 11.4 Å². The fourth-order valence-electron chi connectivity index (χ4n) is 4.84. The van der Waals surface area contributed by atoms with Gasteiger partial charge in [0.15, 0.2) is 0 Å². The maximum Gasteiger partial charge on any atom is 0.0369 e. The molecule has 0 aliphatic carbocycles. The van der Waals surface area contributed by atoms with E-state index in [1.165, 1.54) is 33.9 Å². The van der Waals surface area contributed by atoms with Crippen molar-refractivity contribution in [2.24, 2.45) is 0 Å². The molecule has 222 valence electrons. The van der Waals surface area contributed by atoms with Gasteiger partial charge in [-0.3, -0.25) is 0 Å². The second-order valence-electron chi connectivity index (χ2n) is 10.5. The molecular formula is C36H46N4S2. The minimum atomic E-state index is 0.991. The molecule has 4 nitrogen and oxygen atoms in total. The van der Waals surface area contributed by atoms with Gasteiger partial charge in [0.05, 0.1) is 0 Å². The number of hydrogen-bond acceptors (Lipinski definition) is 6. The highest BCUT2D eigenvalue weighted by Gasteiger charge is 2.07. The average Bonchev–Trinajstić information content (AvgIpc) is 3.04. The third kappa shape index (κ3) is 9.67. The summed E-state index contributed by atoms with van der Waals surface area (Å²) in [5.74, 6) is 2.20. The zero-order valence-corrected chi connectivity index (χ0v) is 27.3. The lowest BCUT2D eigenvalue weighted by molar-refractivity contribution is 0.410. The second kappa shape index (κ2) is 17.0. The van der Waals surface area contributed by atoms with Crippen molar-refractivity contribution in [1.29, 1.82) is 0 Å². The summed E-state index contributed by atoms with van der Waals surface area (Å²) in [6, 6.07) is 17.8. The van der Waals surface area contributed by atoms with Crippen molar-refractivity contribution in [3.05, 3.63) is 120 Å². The van der Waals surface area contributed by atoms with Gasteiger partial charge < -0.3 is 19.6 Å². The first-order chi connectivity index (χ1) is 20.6. The van der Waals surface area contributed by atoms with Gasteiger partial charge in [-0.2, -0.15) is 0 Å². The van der Waals surface area contributed by atoms with Crippen LogP contribution < -0.4 is 9.80 Å². The highest BCUT2D eigenvalue weighted by molar-refractivity contribution is 8.76. The Kier molecular flexibility index (Phi) is 12.9. The second-order valence-corrected chi connectivity index (χ2v) is 13.2. The molecule has 2 aromatic carbocycles. The van der Waals surface area contributed by atoms with Crippen molar-refractivity contribution in [2.75, 3.05) is 74.7 Å². The van der Waals surface area contributed by atoms with Crippen LogP contribution in [0.1, 0.15) is 25.0 Å². The topological polar surface area (TPSA) is 13.0 Å². The molecule has 0 radical (unpaired) electrons. The maximum atomic E-state index is 2.37. The minimum Gasteiger partial charge on any atom is -0.374 e. The summed E-state index contributed by atoms with van der Waals surface area (Å²) in [5.41, 5.74) is 7.55. The van der Waals surface area contributed by atoms with Crippen LogP contribution in [0, 0.1) is 0 Å². The largest absolute Gasteiger partial charge is 0.374 e. The number of benzene rings is 2. The molecule has 0 bridgehead atoms. The molecular weight excluding hydrogens is 553 g/mol. The van der Waals surface area contributed by atoms with Crippen LogP contribution in [0.2, 0.25) is 0 Å². The van der Waals surface area contributed by atoms with Gasteiger partial charge in [-0.05, 0) is 73.5 Å². The van der Waals surface area contributed by atoms with E-state index in [0.29, 0.717) is 0 Å². The summed E-state index contributed by atoms with van der Waals surface area (Å²) >= 11 is 0. The van der Waals surface area contributed by atoms with Crippen molar-refractivity contribution in [1.82, 2.24) is 9.80 Å². The van der Waals surface area contributed by atoms with Gasteiger partial charge in [0, 0.05) is 87.6 Å². The Morgan fingerprint density at radius 2 is 1.02 bits per heavy atom. The van der Waals surface area contributed by atoms with Crippen molar-refractivity contribution in [3.63, 3.8) is 0 Å². The van der Waals surface area contributed by atoms with Crippen LogP contribution in [0.25, 0.3) is 12.2 Å². The summed E-state index contributed by atoms with van der Waals surface area (Å²) in [5, 5.41) is 0. The third-order valence-electron chi connectivity index (χ3n) is 7.62. The molecule has 2 aliphatic heterocycles. The number of likely N-dealkylation sites (N-methyl/N-ethyl adjacent to an activating group) is 2. The van der Waals surface area contributed by atoms with E-state index in [2.05, 4.69) is 157 Å². The number of hydrogen-bond donors (Lipinski definition) is 0. The zero-order chi connectivity index (χ0) is 29.6. The van der Waals surface area contributed by atoms with Gasteiger partial charge in [0.2, 0.25) is 0 Å². The highest BCUT2D eigenvalue weighted by Crippen LogP contribution is 2.24. The SMILES string of the molecule is CCN1CC=CC=C1/C=C/c1ccc(N(C)CCSSCCN(C)c2ccc(/C=C/C3=CC=CCN3CC)cc2)cc1. The van der Waals surface area contributed by atoms with Crippen LogP contribution >= 0.6 is 21.6 Å². The number of rotatable bonds is 15. The molecule has 2 heterocycles. The Hall–Kier alpha value is -3.22. The van der Waals surface area contributed by atoms with Crippen molar-refractivity contribution >= 4 is 45.1 Å². The minimum absolute atomic E-state index is 0.991. The van der Waals surface area contributed by atoms with Gasteiger partial charge in [0.25, 0.3) is 0 Å². The number of allylic oxidation sites excluding steroid dienone is 6. The van der Waals surface area contributed by atoms with Gasteiger partial charge in [-0.15, -0.1) is 0 Å². The number of nitrogens with zero attached hydrogens (tertiary/aromatic N) is 4. The predicted molar refractivity (Wildman–Crippen MR) is 191 cm³/mol. The Morgan fingerprint density at radius 1 is 0.619 bits per heavy atom. The summed E-state index contributed by atoms with van der Waals surface area (Å²) in [4.78, 5) is 9.43. The molecule has 0 unspecified atom stereocenters. The van der Waals surface area contributed by atoms with Gasteiger partial charge >= 0.3 is 0 Å². The van der Waals surface area contributed by atoms with Gasteiger partial charge in [-0.25, -0.2) is 0 Å². The van der Waals surface area contributed by atoms with Gasteiger partial charge in [0.1, 0.15) is 0 Å². The van der Waals surface area contributed by atoms with E-state index in [9.17, 15) is 0 Å². The highest BCUT2D eigenvalue weighted by atomic mass is 33.1. The summed E-state index contributed by atoms with van der Waals surface area (Å²) in [6.45, 7) is 10.5. The van der Waals surface area contributed by atoms with E-state index >= 15 is 0 Å². The van der Waals surface area contributed by atoms with Crippen LogP contribution in [-0.4, -0.2) is 74.7 Å². The molecule has 0 amide bonds. The first-order valence-corrected chi connectivity index (χ1v) is 17.5. The molecule has 2 aromatic rings. The molecule has 0 saturated carbocycles. The monoisotopic (exact) mass is 598 g/mol. The lowest BCUT2D eigenvalue weighted by Crippen LogP contribution is -2.23. The van der Waals surface area contributed by atoms with Crippen molar-refractivity contribution < 1.29 is 0 Å². The lowest BCUT2D eigenvalue weighted by Gasteiger charge is -2.24. The van der Waals surface area contributed by atoms with E-state index in [-0.39, 0.29) is 0 Å². The summed E-state index contributed by atoms with van der Waals surface area (Å²) < 4.78 is 0. The van der Waals surface area contributed by atoms with Crippen LogP contribution in [0.3, 0.4) is 0 Å². The quantitative estimate of drug-likeness (QED) is 0.150. The Morgan fingerprint density at radius 3 is 1.40 bits per heavy atom. The van der Waals surface area contributed by atoms with Gasteiger partial charge in [-0.1, -0.05) is 82.3 Å². The first-order valence-electron chi connectivity index (χ1n) is 15.0. The zero-order valence-electron chi connectivity index (χ0n) is 25.7. The van der Waals surface area contributed by atoms with E-state index in [4.69, 9.17) is 0 Å². The molecule has 2 aliphatic rings. The molecule has 0 atom stereocenters. The molecule has 4 rings (SSSR count). The molecule has 0 fully saturated rings. The van der Waals surface area contributed by atoms with E-state index in [1.807, 2.05) is 21.6 Å². The molecule has 0 N–H and O–H groups in total. The van der Waals surface area contributed by atoms with Crippen LogP contribution in [0.5, 0.6) is 0 Å².